The highest BCUT2D eigenvalue weighted by atomic mass is 14.9. The molecule has 0 aromatic carbocycles. The molecule has 23 heavy (non-hydrogen) atoms. The summed E-state index contributed by atoms with van der Waals surface area (Å²) >= 11 is 0. The number of pyridine rings is 1. The molecule has 0 radical (unpaired) electrons. The Hall–Kier alpha value is -2.69. The van der Waals surface area contributed by atoms with Crippen molar-refractivity contribution >= 4 is 22.2 Å². The number of nitrogens with one attached hydrogen (secondary N) is 2. The minimum atomic E-state index is 0.879. The van der Waals surface area contributed by atoms with E-state index in [1.807, 2.05) is 30.6 Å². The zero-order valence-corrected chi connectivity index (χ0v) is 13.9. The fourth-order valence-corrected chi connectivity index (χ4v) is 2.06. The van der Waals surface area contributed by atoms with Gasteiger partial charge in [0.25, 0.3) is 0 Å². The highest BCUT2D eigenvalue weighted by Gasteiger charge is 2.01. The summed E-state index contributed by atoms with van der Waals surface area (Å²) in [5, 5.41) is 1.16. The first-order valence-corrected chi connectivity index (χ1v) is 7.95. The Morgan fingerprint density at radius 2 is 1.61 bits per heavy atom. The standard InChI is InChI=1S/C8H9N3.C7H6N2.C3H8/c1-2-6-5-11-8-7(6)9-3-4-10-8;1-2-6-3-5-9-7(6)8-4-1;1-3-2/h3-5H,2H2,1H3,(H,10,11);1-5H,(H,8,9);3H2,1-2H3. The van der Waals surface area contributed by atoms with E-state index in [-0.39, 0.29) is 0 Å². The Kier molecular flexibility index (Phi) is 6.29. The summed E-state index contributed by atoms with van der Waals surface area (Å²) in [6.45, 7) is 6.36. The molecular formula is C18H23N5. The summed E-state index contributed by atoms with van der Waals surface area (Å²) in [5.41, 5.74) is 4.06. The molecule has 120 valence electrons. The SMILES string of the molecule is CCC.CCc1c[nH]c2nccnc12.c1cnc2[nH]ccc2c1. The van der Waals surface area contributed by atoms with Crippen molar-refractivity contribution in [2.24, 2.45) is 0 Å². The smallest absolute Gasteiger partial charge is 0.156 e. The third kappa shape index (κ3) is 4.39. The second-order valence-electron chi connectivity index (χ2n) is 5.05. The Bertz CT molecular complexity index is 801. The number of rotatable bonds is 1. The van der Waals surface area contributed by atoms with Crippen molar-refractivity contribution < 1.29 is 0 Å². The van der Waals surface area contributed by atoms with E-state index in [0.29, 0.717) is 0 Å². The van der Waals surface area contributed by atoms with Gasteiger partial charge in [0.15, 0.2) is 5.65 Å². The summed E-state index contributed by atoms with van der Waals surface area (Å²) in [7, 11) is 0. The lowest BCUT2D eigenvalue weighted by Gasteiger charge is -1.88. The fraction of sp³-hybridized carbons (Fsp3) is 0.278. The molecule has 5 nitrogen and oxygen atoms in total. The maximum atomic E-state index is 4.22. The van der Waals surface area contributed by atoms with E-state index in [2.05, 4.69) is 45.7 Å². The molecule has 4 heterocycles. The summed E-state index contributed by atoms with van der Waals surface area (Å²) in [6, 6.07) is 5.96. The maximum Gasteiger partial charge on any atom is 0.156 e. The average molecular weight is 309 g/mol. The van der Waals surface area contributed by atoms with Crippen LogP contribution in [0.4, 0.5) is 0 Å². The van der Waals surface area contributed by atoms with Crippen molar-refractivity contribution in [2.45, 2.75) is 33.6 Å². The normalized spacial score (nSPS) is 9.87. The number of aromatic amines is 2. The first-order chi connectivity index (χ1) is 11.3. The van der Waals surface area contributed by atoms with Crippen molar-refractivity contribution in [3.8, 4) is 0 Å². The van der Waals surface area contributed by atoms with E-state index in [0.717, 1.165) is 28.6 Å². The topological polar surface area (TPSA) is 70.2 Å². The third-order valence-electron chi connectivity index (χ3n) is 3.09. The Morgan fingerprint density at radius 3 is 2.35 bits per heavy atom. The van der Waals surface area contributed by atoms with Gasteiger partial charge in [-0.15, -0.1) is 0 Å². The molecule has 0 aliphatic rings. The molecule has 0 saturated heterocycles. The summed E-state index contributed by atoms with van der Waals surface area (Å²) in [5.74, 6) is 0. The molecule has 0 spiro atoms. The minimum Gasteiger partial charge on any atom is -0.346 e. The Morgan fingerprint density at radius 1 is 0.870 bits per heavy atom. The van der Waals surface area contributed by atoms with E-state index >= 15 is 0 Å². The highest BCUT2D eigenvalue weighted by molar-refractivity contribution is 5.75. The van der Waals surface area contributed by atoms with Crippen LogP contribution < -0.4 is 0 Å². The van der Waals surface area contributed by atoms with Crippen LogP contribution in [0.15, 0.2) is 49.2 Å². The molecule has 0 aliphatic heterocycles. The second kappa shape index (κ2) is 8.68. The molecule has 2 N–H and O–H groups in total. The Labute approximate surface area is 136 Å². The van der Waals surface area contributed by atoms with Gasteiger partial charge in [0.05, 0.1) is 0 Å². The van der Waals surface area contributed by atoms with Crippen molar-refractivity contribution in [2.75, 3.05) is 0 Å². The van der Waals surface area contributed by atoms with E-state index in [4.69, 9.17) is 0 Å². The first kappa shape index (κ1) is 16.7. The Balaban J connectivity index is 0.000000145. The molecule has 0 fully saturated rings. The van der Waals surface area contributed by atoms with Crippen molar-refractivity contribution in [1.29, 1.82) is 0 Å². The van der Waals surface area contributed by atoms with Gasteiger partial charge in [-0.1, -0.05) is 27.2 Å². The lowest BCUT2D eigenvalue weighted by molar-refractivity contribution is 1.09. The van der Waals surface area contributed by atoms with Gasteiger partial charge in [0.1, 0.15) is 11.2 Å². The number of hydrogen-bond donors (Lipinski definition) is 2. The third-order valence-corrected chi connectivity index (χ3v) is 3.09. The van der Waals surface area contributed by atoms with Gasteiger partial charge in [-0.25, -0.2) is 9.97 Å². The average Bonchev–Trinajstić information content (AvgIpc) is 3.22. The molecule has 0 bridgehead atoms. The zero-order valence-electron chi connectivity index (χ0n) is 13.9. The number of hydrogen-bond acceptors (Lipinski definition) is 3. The van der Waals surface area contributed by atoms with E-state index < -0.39 is 0 Å². The van der Waals surface area contributed by atoms with E-state index in [1.165, 1.54) is 12.0 Å². The second-order valence-corrected chi connectivity index (χ2v) is 5.05. The van der Waals surface area contributed by atoms with Crippen molar-refractivity contribution in [3.05, 3.63) is 54.7 Å². The van der Waals surface area contributed by atoms with Crippen LogP contribution in [0.1, 0.15) is 32.8 Å². The zero-order chi connectivity index (χ0) is 16.5. The van der Waals surface area contributed by atoms with Crippen LogP contribution in [0, 0.1) is 0 Å². The van der Waals surface area contributed by atoms with E-state index in [9.17, 15) is 0 Å². The maximum absolute atomic E-state index is 4.22. The number of aromatic nitrogens is 5. The minimum absolute atomic E-state index is 0.879. The van der Waals surface area contributed by atoms with Gasteiger partial charge in [0, 0.05) is 36.4 Å². The van der Waals surface area contributed by atoms with Gasteiger partial charge in [-0.05, 0) is 30.2 Å². The van der Waals surface area contributed by atoms with Crippen LogP contribution in [0.25, 0.3) is 22.2 Å². The summed E-state index contributed by atoms with van der Waals surface area (Å²) in [6.07, 6.45) is 11.3. The van der Waals surface area contributed by atoms with E-state index in [1.54, 1.807) is 18.6 Å². The van der Waals surface area contributed by atoms with Crippen LogP contribution in [0.5, 0.6) is 0 Å². The largest absolute Gasteiger partial charge is 0.346 e. The lowest BCUT2D eigenvalue weighted by Crippen LogP contribution is -1.80. The fourth-order valence-electron chi connectivity index (χ4n) is 2.06. The van der Waals surface area contributed by atoms with Crippen molar-refractivity contribution in [1.82, 2.24) is 24.9 Å². The highest BCUT2D eigenvalue weighted by Crippen LogP contribution is 2.12. The van der Waals surface area contributed by atoms with Crippen LogP contribution in [-0.2, 0) is 6.42 Å². The van der Waals surface area contributed by atoms with Crippen LogP contribution in [-0.4, -0.2) is 24.9 Å². The van der Waals surface area contributed by atoms with Crippen LogP contribution in [0.3, 0.4) is 0 Å². The molecular weight excluding hydrogens is 286 g/mol. The molecule has 0 unspecified atom stereocenters. The molecule has 4 aromatic heterocycles. The van der Waals surface area contributed by atoms with Crippen LogP contribution >= 0.6 is 0 Å². The van der Waals surface area contributed by atoms with Crippen LogP contribution in [0.2, 0.25) is 0 Å². The van der Waals surface area contributed by atoms with Gasteiger partial charge in [-0.3, -0.25) is 4.98 Å². The van der Waals surface area contributed by atoms with Gasteiger partial charge >= 0.3 is 0 Å². The molecule has 0 aliphatic carbocycles. The molecule has 5 heteroatoms. The quantitative estimate of drug-likeness (QED) is 0.544. The predicted molar refractivity (Wildman–Crippen MR) is 95.3 cm³/mol. The van der Waals surface area contributed by atoms with Gasteiger partial charge < -0.3 is 9.97 Å². The molecule has 4 rings (SSSR count). The number of nitrogens with zero attached hydrogens (tertiary/aromatic N) is 3. The number of H-pyrrole nitrogens is 2. The van der Waals surface area contributed by atoms with Crippen molar-refractivity contribution in [3.63, 3.8) is 0 Å². The molecule has 4 aromatic rings. The molecule has 0 amide bonds. The molecule has 0 saturated carbocycles. The molecule has 0 atom stereocenters. The first-order valence-electron chi connectivity index (χ1n) is 7.95. The predicted octanol–water partition coefficient (Wildman–Crippen LogP) is 4.50. The monoisotopic (exact) mass is 309 g/mol. The number of aryl methyl sites for hydroxylation is 1. The summed E-state index contributed by atoms with van der Waals surface area (Å²) in [4.78, 5) is 18.5. The van der Waals surface area contributed by atoms with Gasteiger partial charge in [-0.2, -0.15) is 0 Å². The summed E-state index contributed by atoms with van der Waals surface area (Å²) < 4.78 is 0. The lowest BCUT2D eigenvalue weighted by atomic mass is 10.2. The van der Waals surface area contributed by atoms with Gasteiger partial charge in [0.2, 0.25) is 0 Å². The number of fused-ring (bicyclic) bond motifs is 2.